The molecule has 0 unspecified atom stereocenters. The van der Waals surface area contributed by atoms with Gasteiger partial charge in [0.25, 0.3) is 0 Å². The second kappa shape index (κ2) is 6.76. The maximum atomic E-state index is 11.9. The lowest BCUT2D eigenvalue weighted by atomic mass is 10.1. The summed E-state index contributed by atoms with van der Waals surface area (Å²) in [5.74, 6) is 5.73. The van der Waals surface area contributed by atoms with Gasteiger partial charge in [-0.15, -0.1) is 10.2 Å². The lowest BCUT2D eigenvalue weighted by Gasteiger charge is -2.15. The Morgan fingerprint density at radius 3 is 2.95 bits per heavy atom. The van der Waals surface area contributed by atoms with Gasteiger partial charge in [-0.05, 0) is 18.6 Å². The molecule has 1 amide bonds. The molecule has 3 N–H and O–H groups in total. The fourth-order valence-electron chi connectivity index (χ4n) is 1.65. The highest BCUT2D eigenvalue weighted by Gasteiger charge is 2.13. The number of thioether (sulfide) groups is 1. The molecule has 2 aromatic rings. The van der Waals surface area contributed by atoms with Crippen molar-refractivity contribution in [2.75, 3.05) is 11.6 Å². The van der Waals surface area contributed by atoms with E-state index in [0.29, 0.717) is 5.16 Å². The molecule has 0 saturated carbocycles. The summed E-state index contributed by atoms with van der Waals surface area (Å²) in [5, 5.41) is 10.9. The Morgan fingerprint density at radius 1 is 1.55 bits per heavy atom. The normalized spacial score (nSPS) is 12.1. The average Bonchev–Trinajstić information content (AvgIpc) is 2.82. The van der Waals surface area contributed by atoms with Crippen molar-refractivity contribution < 1.29 is 4.79 Å². The van der Waals surface area contributed by atoms with E-state index in [4.69, 9.17) is 5.84 Å². The van der Waals surface area contributed by atoms with Crippen LogP contribution in [0.2, 0.25) is 0 Å². The van der Waals surface area contributed by atoms with Crippen LogP contribution in [0, 0.1) is 0 Å². The zero-order chi connectivity index (χ0) is 14.5. The number of nitrogens with one attached hydrogen (secondary N) is 1. The number of nitrogens with two attached hydrogens (primary N) is 1. The van der Waals surface area contributed by atoms with Crippen molar-refractivity contribution in [1.82, 2.24) is 20.2 Å². The monoisotopic (exact) mass is 355 g/mol. The fraction of sp³-hybridized carbons (Fsp3) is 0.250. The minimum Gasteiger partial charge on any atom is -0.349 e. The number of rotatable bonds is 5. The average molecular weight is 356 g/mol. The maximum absolute atomic E-state index is 11.9. The van der Waals surface area contributed by atoms with E-state index < -0.39 is 0 Å². The molecule has 0 radical (unpaired) electrons. The number of halogens is 1. The number of benzene rings is 1. The first-order valence-corrected chi connectivity index (χ1v) is 7.67. The van der Waals surface area contributed by atoms with Crippen molar-refractivity contribution >= 4 is 33.6 Å². The molecule has 6 nitrogen and oxygen atoms in total. The Hall–Kier alpha value is -1.54. The molecule has 8 heteroatoms. The van der Waals surface area contributed by atoms with Crippen LogP contribution < -0.4 is 11.2 Å². The van der Waals surface area contributed by atoms with Gasteiger partial charge in [0.05, 0.1) is 11.8 Å². The van der Waals surface area contributed by atoms with Crippen molar-refractivity contribution in [3.63, 3.8) is 0 Å². The van der Waals surface area contributed by atoms with Gasteiger partial charge in [-0.2, -0.15) is 0 Å². The highest BCUT2D eigenvalue weighted by Crippen LogP contribution is 2.23. The van der Waals surface area contributed by atoms with Crippen LogP contribution in [0.3, 0.4) is 0 Å². The maximum Gasteiger partial charge on any atom is 0.230 e. The molecule has 0 aliphatic heterocycles. The van der Waals surface area contributed by atoms with Crippen LogP contribution in [0.5, 0.6) is 0 Å². The van der Waals surface area contributed by atoms with Gasteiger partial charge in [0.1, 0.15) is 6.33 Å². The van der Waals surface area contributed by atoms with E-state index in [1.165, 1.54) is 22.8 Å². The third kappa shape index (κ3) is 3.73. The van der Waals surface area contributed by atoms with Crippen LogP contribution in [-0.4, -0.2) is 26.5 Å². The number of carbonyl (C=O) groups is 1. The lowest BCUT2D eigenvalue weighted by Crippen LogP contribution is -2.28. The Balaban J connectivity index is 1.88. The fourth-order valence-corrected chi connectivity index (χ4v) is 2.93. The summed E-state index contributed by atoms with van der Waals surface area (Å²) < 4.78 is 2.26. The SMILES string of the molecule is C[C@@H](NC(=O)CSc1nncn1N)c1ccccc1Br. The van der Waals surface area contributed by atoms with E-state index >= 15 is 0 Å². The predicted molar refractivity (Wildman–Crippen MR) is 81.6 cm³/mol. The van der Waals surface area contributed by atoms with Gasteiger partial charge in [-0.3, -0.25) is 4.79 Å². The van der Waals surface area contributed by atoms with Crippen LogP contribution in [0.1, 0.15) is 18.5 Å². The molecular formula is C12H14BrN5OS. The van der Waals surface area contributed by atoms with E-state index in [2.05, 4.69) is 31.4 Å². The summed E-state index contributed by atoms with van der Waals surface area (Å²) in [6.07, 6.45) is 1.39. The third-order valence-corrected chi connectivity index (χ3v) is 4.30. The zero-order valence-electron chi connectivity index (χ0n) is 10.8. The van der Waals surface area contributed by atoms with Gasteiger partial charge >= 0.3 is 0 Å². The van der Waals surface area contributed by atoms with Crippen LogP contribution in [0.15, 0.2) is 40.2 Å². The molecule has 0 spiro atoms. The van der Waals surface area contributed by atoms with E-state index in [0.717, 1.165) is 10.0 Å². The Labute approximate surface area is 129 Å². The molecule has 2 rings (SSSR count). The number of nitrogen functional groups attached to an aromatic ring is 1. The summed E-state index contributed by atoms with van der Waals surface area (Å²) in [7, 11) is 0. The van der Waals surface area contributed by atoms with Gasteiger partial charge < -0.3 is 11.2 Å². The van der Waals surface area contributed by atoms with Crippen molar-refractivity contribution in [2.45, 2.75) is 18.1 Å². The number of carbonyl (C=O) groups excluding carboxylic acids is 1. The molecule has 1 heterocycles. The summed E-state index contributed by atoms with van der Waals surface area (Å²) in [6.45, 7) is 1.94. The van der Waals surface area contributed by atoms with Crippen molar-refractivity contribution in [1.29, 1.82) is 0 Å². The highest BCUT2D eigenvalue weighted by atomic mass is 79.9. The molecule has 106 valence electrons. The first-order chi connectivity index (χ1) is 9.58. The number of amides is 1. The van der Waals surface area contributed by atoms with Gasteiger partial charge in [-0.1, -0.05) is 45.9 Å². The van der Waals surface area contributed by atoms with Crippen LogP contribution in [0.4, 0.5) is 0 Å². The van der Waals surface area contributed by atoms with E-state index in [1.807, 2.05) is 31.2 Å². The van der Waals surface area contributed by atoms with E-state index in [-0.39, 0.29) is 17.7 Å². The van der Waals surface area contributed by atoms with E-state index in [1.54, 1.807) is 0 Å². The smallest absolute Gasteiger partial charge is 0.230 e. The molecular weight excluding hydrogens is 342 g/mol. The minimum absolute atomic E-state index is 0.0746. The zero-order valence-corrected chi connectivity index (χ0v) is 13.2. The topological polar surface area (TPSA) is 85.8 Å². The molecule has 0 aliphatic carbocycles. The Morgan fingerprint density at radius 2 is 2.30 bits per heavy atom. The number of aromatic nitrogens is 3. The molecule has 0 aliphatic rings. The Kier molecular flexibility index (Phi) is 5.02. The van der Waals surface area contributed by atoms with Gasteiger partial charge in [0.2, 0.25) is 11.1 Å². The number of hydrogen-bond donors (Lipinski definition) is 2. The second-order valence-corrected chi connectivity index (χ2v) is 5.92. The number of nitrogens with zero attached hydrogens (tertiary/aromatic N) is 3. The van der Waals surface area contributed by atoms with Crippen LogP contribution in [0.25, 0.3) is 0 Å². The van der Waals surface area contributed by atoms with Crippen molar-refractivity contribution in [3.8, 4) is 0 Å². The molecule has 1 aromatic heterocycles. The first kappa shape index (κ1) is 14.9. The summed E-state index contributed by atoms with van der Waals surface area (Å²) >= 11 is 4.72. The molecule has 1 aromatic carbocycles. The van der Waals surface area contributed by atoms with Gasteiger partial charge in [-0.25, -0.2) is 4.68 Å². The molecule has 0 bridgehead atoms. The van der Waals surface area contributed by atoms with E-state index in [9.17, 15) is 4.79 Å². The Bertz CT molecular complexity index is 603. The molecule has 0 fully saturated rings. The van der Waals surface area contributed by atoms with Crippen LogP contribution >= 0.6 is 27.7 Å². The van der Waals surface area contributed by atoms with Crippen LogP contribution in [-0.2, 0) is 4.79 Å². The molecule has 1 atom stereocenters. The second-order valence-electron chi connectivity index (χ2n) is 4.12. The van der Waals surface area contributed by atoms with Crippen molar-refractivity contribution in [2.24, 2.45) is 0 Å². The largest absolute Gasteiger partial charge is 0.349 e. The molecule has 20 heavy (non-hydrogen) atoms. The number of hydrogen-bond acceptors (Lipinski definition) is 5. The summed E-state index contributed by atoms with van der Waals surface area (Å²) in [5.41, 5.74) is 1.04. The lowest BCUT2D eigenvalue weighted by molar-refractivity contribution is -0.119. The summed E-state index contributed by atoms with van der Waals surface area (Å²) in [6, 6.07) is 7.72. The highest BCUT2D eigenvalue weighted by molar-refractivity contribution is 9.10. The quantitative estimate of drug-likeness (QED) is 0.629. The molecule has 0 saturated heterocycles. The first-order valence-electron chi connectivity index (χ1n) is 5.89. The summed E-state index contributed by atoms with van der Waals surface area (Å²) in [4.78, 5) is 11.9. The third-order valence-electron chi connectivity index (χ3n) is 2.62. The standard InChI is InChI=1S/C12H14BrN5OS/c1-8(9-4-2-3-5-10(9)13)16-11(19)6-20-12-17-15-7-18(12)14/h2-5,7-8H,6,14H2,1H3,(H,16,19)/t8-/m1/s1. The predicted octanol–water partition coefficient (Wildman–Crippen LogP) is 1.72. The minimum atomic E-state index is -0.0822. The van der Waals surface area contributed by atoms with Crippen molar-refractivity contribution in [3.05, 3.63) is 40.6 Å². The van der Waals surface area contributed by atoms with Gasteiger partial charge in [0.15, 0.2) is 0 Å². The van der Waals surface area contributed by atoms with Gasteiger partial charge in [0, 0.05) is 4.47 Å².